The van der Waals surface area contributed by atoms with Crippen molar-refractivity contribution in [2.45, 2.75) is 25.8 Å². The topological polar surface area (TPSA) is 9.23 Å². The van der Waals surface area contributed by atoms with Gasteiger partial charge in [-0.2, -0.15) is 0 Å². The molecule has 0 bridgehead atoms. The predicted molar refractivity (Wildman–Crippen MR) is 77.2 cm³/mol. The Morgan fingerprint density at radius 2 is 1.82 bits per heavy atom. The quantitative estimate of drug-likeness (QED) is 0.498. The van der Waals surface area contributed by atoms with Crippen LogP contribution in [0.3, 0.4) is 0 Å². The predicted octanol–water partition coefficient (Wildman–Crippen LogP) is 3.98. The molecule has 1 nitrogen and oxygen atoms in total. The zero-order valence-corrected chi connectivity index (χ0v) is 11.7. The van der Waals surface area contributed by atoms with Crippen LogP contribution in [0.5, 0.6) is 0 Å². The summed E-state index contributed by atoms with van der Waals surface area (Å²) in [5.74, 6) is 0. The molecule has 0 saturated heterocycles. The highest BCUT2D eigenvalue weighted by Crippen LogP contribution is 2.16. The van der Waals surface area contributed by atoms with Crippen LogP contribution >= 0.6 is 0 Å². The number of hydrogen-bond acceptors (Lipinski definition) is 1. The lowest BCUT2D eigenvalue weighted by atomic mass is 10.2. The second kappa shape index (κ2) is 7.25. The third-order valence-corrected chi connectivity index (χ3v) is 5.97. The van der Waals surface area contributed by atoms with Gasteiger partial charge in [-0.05, 0) is 18.0 Å². The van der Waals surface area contributed by atoms with E-state index in [-0.39, 0.29) is 0 Å². The van der Waals surface area contributed by atoms with Crippen LogP contribution in [0.1, 0.15) is 25.3 Å². The summed E-state index contributed by atoms with van der Waals surface area (Å²) in [6, 6.07) is 11.4. The van der Waals surface area contributed by atoms with E-state index in [1.54, 1.807) is 0 Å². The Labute approximate surface area is 106 Å². The second-order valence-corrected chi connectivity index (χ2v) is 7.60. The van der Waals surface area contributed by atoms with Gasteiger partial charge in [0.25, 0.3) is 0 Å². The number of benzene rings is 1. The average Bonchev–Trinajstić information content (AvgIpc) is 2.39. The molecule has 0 N–H and O–H groups in total. The van der Waals surface area contributed by atoms with E-state index in [1.165, 1.54) is 5.56 Å². The molecule has 0 spiro atoms. The Morgan fingerprint density at radius 3 is 2.35 bits per heavy atom. The molecule has 0 aliphatic carbocycles. The maximum Gasteiger partial charge on any atom is 0.244 e. The van der Waals surface area contributed by atoms with E-state index in [0.29, 0.717) is 0 Å². The van der Waals surface area contributed by atoms with Crippen molar-refractivity contribution in [2.24, 2.45) is 0 Å². The van der Waals surface area contributed by atoms with E-state index in [1.807, 2.05) is 17.5 Å². The highest BCUT2D eigenvalue weighted by molar-refractivity contribution is 6.82. The lowest BCUT2D eigenvalue weighted by molar-refractivity contribution is 0.305. The van der Waals surface area contributed by atoms with Crippen molar-refractivity contribution in [2.75, 3.05) is 6.61 Å². The van der Waals surface area contributed by atoms with Crippen LogP contribution in [0.15, 0.2) is 54.9 Å². The minimum atomic E-state index is -1.99. The Hall–Kier alpha value is -1.12. The summed E-state index contributed by atoms with van der Waals surface area (Å²) in [4.78, 5) is 0. The first kappa shape index (κ1) is 13.9. The van der Waals surface area contributed by atoms with Gasteiger partial charge in [-0.15, -0.1) is 13.2 Å². The maximum absolute atomic E-state index is 6.08. The summed E-state index contributed by atoms with van der Waals surface area (Å²) in [5.41, 5.74) is 5.28. The van der Waals surface area contributed by atoms with Crippen LogP contribution in [0.2, 0.25) is 0 Å². The van der Waals surface area contributed by atoms with Crippen LogP contribution in [0.25, 0.3) is 0 Å². The molecule has 0 amide bonds. The Balaban J connectivity index is 2.70. The summed E-state index contributed by atoms with van der Waals surface area (Å²) in [6.45, 7) is 10.9. The first-order valence-electron chi connectivity index (χ1n) is 6.21. The minimum Gasteiger partial charge on any atom is -0.409 e. The van der Waals surface area contributed by atoms with E-state index in [9.17, 15) is 0 Å². The molecule has 0 aliphatic heterocycles. The van der Waals surface area contributed by atoms with Gasteiger partial charge >= 0.3 is 0 Å². The molecular formula is C15H22OSi. The molecule has 1 aromatic carbocycles. The van der Waals surface area contributed by atoms with E-state index in [2.05, 4.69) is 44.3 Å². The first-order valence-corrected chi connectivity index (χ1v) is 8.48. The maximum atomic E-state index is 6.08. The van der Waals surface area contributed by atoms with E-state index in [0.717, 1.165) is 25.5 Å². The first-order chi connectivity index (χ1) is 8.26. The molecule has 0 aromatic heterocycles. The van der Waals surface area contributed by atoms with E-state index < -0.39 is 8.32 Å². The Kier molecular flexibility index (Phi) is 5.95. The highest BCUT2D eigenvalue weighted by atomic mass is 28.4. The van der Waals surface area contributed by atoms with Gasteiger partial charge in [-0.25, -0.2) is 0 Å². The summed E-state index contributed by atoms with van der Waals surface area (Å²) < 4.78 is 6.08. The smallest absolute Gasteiger partial charge is 0.244 e. The number of hydrogen-bond donors (Lipinski definition) is 0. The molecule has 0 heterocycles. The van der Waals surface area contributed by atoms with Gasteiger partial charge in [0.1, 0.15) is 0 Å². The van der Waals surface area contributed by atoms with Crippen LogP contribution in [0, 0.1) is 0 Å². The molecule has 17 heavy (non-hydrogen) atoms. The van der Waals surface area contributed by atoms with Crippen LogP contribution in [-0.2, 0) is 10.5 Å². The molecule has 92 valence electrons. The van der Waals surface area contributed by atoms with Crippen LogP contribution in [-0.4, -0.2) is 14.9 Å². The lowest BCUT2D eigenvalue weighted by Gasteiger charge is -2.24. The molecule has 0 saturated carbocycles. The molecular weight excluding hydrogens is 224 g/mol. The average molecular weight is 246 g/mol. The van der Waals surface area contributed by atoms with Crippen molar-refractivity contribution in [3.05, 3.63) is 60.5 Å². The van der Waals surface area contributed by atoms with E-state index >= 15 is 0 Å². The fourth-order valence-electron chi connectivity index (χ4n) is 1.72. The summed E-state index contributed by atoms with van der Waals surface area (Å²) in [6.07, 6.45) is 2.26. The number of unbranched alkanes of at least 4 members (excludes halogenated alkanes) is 1. The van der Waals surface area contributed by atoms with Crippen LogP contribution < -0.4 is 0 Å². The second-order valence-electron chi connectivity index (χ2n) is 4.23. The molecule has 1 aromatic rings. The van der Waals surface area contributed by atoms with Crippen molar-refractivity contribution < 1.29 is 4.43 Å². The summed E-state index contributed by atoms with van der Waals surface area (Å²) in [5, 5.41) is 0. The largest absolute Gasteiger partial charge is 0.409 e. The van der Waals surface area contributed by atoms with Gasteiger partial charge in [-0.3, -0.25) is 0 Å². The van der Waals surface area contributed by atoms with Gasteiger partial charge in [0, 0.05) is 6.61 Å². The molecule has 0 aliphatic rings. The molecule has 1 rings (SSSR count). The Morgan fingerprint density at radius 1 is 1.18 bits per heavy atom. The van der Waals surface area contributed by atoms with Gasteiger partial charge in [0.05, 0.1) is 0 Å². The summed E-state index contributed by atoms with van der Waals surface area (Å²) in [7, 11) is -1.99. The number of rotatable bonds is 8. The van der Waals surface area contributed by atoms with Crippen molar-refractivity contribution in [3.8, 4) is 0 Å². The van der Waals surface area contributed by atoms with Crippen molar-refractivity contribution in [1.82, 2.24) is 0 Å². The standard InChI is InChI=1S/C15H22OSi/c1-4-7-13-16-17(5-2,6-3)14-15-11-9-8-10-12-15/h5-6,8-12H,2-4,7,13-14H2,1H3. The highest BCUT2D eigenvalue weighted by Gasteiger charge is 2.27. The summed E-state index contributed by atoms with van der Waals surface area (Å²) >= 11 is 0. The van der Waals surface area contributed by atoms with Crippen molar-refractivity contribution in [1.29, 1.82) is 0 Å². The van der Waals surface area contributed by atoms with Gasteiger partial charge < -0.3 is 4.43 Å². The molecule has 2 heteroatoms. The zero-order valence-electron chi connectivity index (χ0n) is 10.7. The molecule has 0 atom stereocenters. The van der Waals surface area contributed by atoms with Gasteiger partial charge in [-0.1, -0.05) is 55.1 Å². The minimum absolute atomic E-state index is 0.813. The third-order valence-electron chi connectivity index (χ3n) is 2.88. The fraction of sp³-hybridized carbons (Fsp3) is 0.333. The third kappa shape index (κ3) is 4.33. The molecule has 0 fully saturated rings. The van der Waals surface area contributed by atoms with E-state index in [4.69, 9.17) is 4.43 Å². The van der Waals surface area contributed by atoms with Crippen molar-refractivity contribution >= 4 is 8.32 Å². The monoisotopic (exact) mass is 246 g/mol. The molecule has 0 radical (unpaired) electrons. The normalized spacial score (nSPS) is 11.1. The van der Waals surface area contributed by atoms with Crippen LogP contribution in [0.4, 0.5) is 0 Å². The zero-order chi connectivity index (χ0) is 12.6. The Bertz CT molecular complexity index is 337. The fourth-order valence-corrected chi connectivity index (χ4v) is 3.91. The van der Waals surface area contributed by atoms with Gasteiger partial charge in [0.15, 0.2) is 0 Å². The van der Waals surface area contributed by atoms with Crippen molar-refractivity contribution in [3.63, 3.8) is 0 Å². The van der Waals surface area contributed by atoms with Gasteiger partial charge in [0.2, 0.25) is 8.32 Å². The molecule has 0 unspecified atom stereocenters. The lowest BCUT2D eigenvalue weighted by Crippen LogP contribution is -2.38. The SMILES string of the molecule is C=C[Si](C=C)(Cc1ccccc1)OCCCC.